The highest BCUT2D eigenvalue weighted by Crippen LogP contribution is 2.09. The van der Waals surface area contributed by atoms with E-state index in [0.717, 1.165) is 5.69 Å². The Balaban J connectivity index is 1.64. The van der Waals surface area contributed by atoms with Crippen LogP contribution in [0.15, 0.2) is 59.0 Å². The number of hydrogen-bond acceptors (Lipinski definition) is 9. The molecule has 2 N–H and O–H groups in total. The second-order valence-electron chi connectivity index (χ2n) is 4.82. The molecule has 3 aromatic rings. The van der Waals surface area contributed by atoms with Crippen LogP contribution in [0, 0.1) is 6.92 Å². The third-order valence-corrected chi connectivity index (χ3v) is 2.96. The number of anilines is 2. The molecule has 9 heteroatoms. The number of hydrazone groups is 2. The average Bonchev–Trinajstić information content (AvgIpc) is 2.66. The fourth-order valence-electron chi connectivity index (χ4n) is 1.75. The predicted molar refractivity (Wildman–Crippen MR) is 95.5 cm³/mol. The lowest BCUT2D eigenvalue weighted by molar-refractivity contribution is 0.922. The molecular weight excluding hydrogens is 318 g/mol. The lowest BCUT2D eigenvalue weighted by Gasteiger charge is -2.04. The summed E-state index contributed by atoms with van der Waals surface area (Å²) in [5.74, 6) is 0.714. The van der Waals surface area contributed by atoms with Crippen molar-refractivity contribution in [3.8, 4) is 0 Å². The molecule has 124 valence electrons. The number of pyridine rings is 2. The van der Waals surface area contributed by atoms with Crippen LogP contribution in [0.25, 0.3) is 0 Å². The van der Waals surface area contributed by atoms with E-state index in [9.17, 15) is 0 Å². The Hall–Kier alpha value is -3.75. The standard InChI is InChI=1S/C16H15N9/c1-12-15(23-19-10-13-6-2-4-8-17-13)21-16(25-22-12)24-20-11-14-7-3-5-9-18-14/h2-11H,1H3,(H2,21,23,24,25)/b19-10-,20-11-. The SMILES string of the molecule is Cc1nnc(N/N=C\c2ccccn2)nc1N/N=C\c1ccccn1. The van der Waals surface area contributed by atoms with Gasteiger partial charge in [-0.25, -0.2) is 5.43 Å². The monoisotopic (exact) mass is 333 g/mol. The number of aromatic nitrogens is 5. The Bertz CT molecular complexity index is 863. The first-order valence-electron chi connectivity index (χ1n) is 7.43. The molecule has 0 radical (unpaired) electrons. The summed E-state index contributed by atoms with van der Waals surface area (Å²) in [6.45, 7) is 1.78. The van der Waals surface area contributed by atoms with Crippen molar-refractivity contribution < 1.29 is 0 Å². The van der Waals surface area contributed by atoms with Crippen LogP contribution in [0.1, 0.15) is 17.1 Å². The van der Waals surface area contributed by atoms with Crippen molar-refractivity contribution in [1.29, 1.82) is 0 Å². The molecule has 0 unspecified atom stereocenters. The van der Waals surface area contributed by atoms with Crippen molar-refractivity contribution >= 4 is 24.2 Å². The summed E-state index contributed by atoms with van der Waals surface area (Å²) in [5.41, 5.74) is 7.59. The van der Waals surface area contributed by atoms with Gasteiger partial charge in [-0.1, -0.05) is 12.1 Å². The molecule has 0 aromatic carbocycles. The molecule has 0 spiro atoms. The van der Waals surface area contributed by atoms with E-state index < -0.39 is 0 Å². The number of nitrogens with one attached hydrogen (secondary N) is 2. The van der Waals surface area contributed by atoms with E-state index in [1.54, 1.807) is 31.7 Å². The quantitative estimate of drug-likeness (QED) is 0.523. The largest absolute Gasteiger partial charge is 0.265 e. The van der Waals surface area contributed by atoms with Crippen LogP contribution in [0.2, 0.25) is 0 Å². The van der Waals surface area contributed by atoms with Crippen LogP contribution in [0.3, 0.4) is 0 Å². The lowest BCUT2D eigenvalue weighted by Crippen LogP contribution is -2.05. The van der Waals surface area contributed by atoms with Crippen LogP contribution >= 0.6 is 0 Å². The number of aryl methyl sites for hydroxylation is 1. The molecule has 0 atom stereocenters. The summed E-state index contributed by atoms with van der Waals surface area (Å²) in [6.07, 6.45) is 6.54. The van der Waals surface area contributed by atoms with Crippen LogP contribution in [-0.2, 0) is 0 Å². The highest BCUT2D eigenvalue weighted by molar-refractivity contribution is 5.77. The van der Waals surface area contributed by atoms with Gasteiger partial charge in [-0.2, -0.15) is 15.2 Å². The summed E-state index contributed by atoms with van der Waals surface area (Å²) in [6, 6.07) is 11.1. The summed E-state index contributed by atoms with van der Waals surface area (Å²) >= 11 is 0. The molecule has 3 heterocycles. The molecule has 0 aliphatic heterocycles. The van der Waals surface area contributed by atoms with Gasteiger partial charge in [0.05, 0.1) is 23.8 Å². The van der Waals surface area contributed by atoms with Crippen LogP contribution in [0.4, 0.5) is 11.8 Å². The minimum atomic E-state index is 0.244. The fraction of sp³-hybridized carbons (Fsp3) is 0.0625. The molecule has 0 fully saturated rings. The molecule has 25 heavy (non-hydrogen) atoms. The molecule has 9 nitrogen and oxygen atoms in total. The first kappa shape index (κ1) is 16.1. The molecule has 0 saturated heterocycles. The maximum Gasteiger partial charge on any atom is 0.265 e. The molecule has 3 rings (SSSR count). The third-order valence-electron chi connectivity index (χ3n) is 2.96. The molecule has 3 aromatic heterocycles. The molecule has 0 saturated carbocycles. The minimum absolute atomic E-state index is 0.244. The van der Waals surface area contributed by atoms with Gasteiger partial charge in [-0.15, -0.1) is 10.2 Å². The maximum atomic E-state index is 4.27. The smallest absolute Gasteiger partial charge is 0.260 e. The first-order chi connectivity index (χ1) is 12.3. The van der Waals surface area contributed by atoms with Crippen molar-refractivity contribution in [3.63, 3.8) is 0 Å². The minimum Gasteiger partial charge on any atom is -0.260 e. The van der Waals surface area contributed by atoms with Gasteiger partial charge in [0.15, 0.2) is 5.82 Å². The van der Waals surface area contributed by atoms with Gasteiger partial charge in [0, 0.05) is 12.4 Å². The summed E-state index contributed by atoms with van der Waals surface area (Å²) in [7, 11) is 0. The first-order valence-corrected chi connectivity index (χ1v) is 7.43. The third kappa shape index (κ3) is 4.86. The topological polar surface area (TPSA) is 113 Å². The Morgan fingerprint density at radius 3 is 2.08 bits per heavy atom. The van der Waals surface area contributed by atoms with Gasteiger partial charge in [0.2, 0.25) is 0 Å². The highest BCUT2D eigenvalue weighted by Gasteiger charge is 2.03. The molecule has 0 aliphatic rings. The summed E-state index contributed by atoms with van der Waals surface area (Å²) < 4.78 is 0. The van der Waals surface area contributed by atoms with Gasteiger partial charge < -0.3 is 0 Å². The number of nitrogens with zero attached hydrogens (tertiary/aromatic N) is 7. The van der Waals surface area contributed by atoms with Crippen LogP contribution in [0.5, 0.6) is 0 Å². The van der Waals surface area contributed by atoms with Crippen molar-refractivity contribution in [2.75, 3.05) is 10.9 Å². The zero-order chi connectivity index (χ0) is 17.3. The van der Waals surface area contributed by atoms with Crippen molar-refractivity contribution in [1.82, 2.24) is 25.1 Å². The molecule has 0 aliphatic carbocycles. The normalized spacial score (nSPS) is 11.1. The van der Waals surface area contributed by atoms with Crippen molar-refractivity contribution in [2.45, 2.75) is 6.92 Å². The van der Waals surface area contributed by atoms with Gasteiger partial charge in [-0.05, 0) is 31.2 Å². The van der Waals surface area contributed by atoms with E-state index >= 15 is 0 Å². The van der Waals surface area contributed by atoms with E-state index in [-0.39, 0.29) is 5.95 Å². The number of hydrogen-bond donors (Lipinski definition) is 2. The van der Waals surface area contributed by atoms with E-state index in [0.29, 0.717) is 17.2 Å². The zero-order valence-corrected chi connectivity index (χ0v) is 13.4. The molecule has 0 amide bonds. The van der Waals surface area contributed by atoms with Crippen LogP contribution in [-0.4, -0.2) is 37.6 Å². The van der Waals surface area contributed by atoms with Crippen LogP contribution < -0.4 is 10.9 Å². The Morgan fingerprint density at radius 2 is 1.48 bits per heavy atom. The zero-order valence-electron chi connectivity index (χ0n) is 13.4. The van der Waals surface area contributed by atoms with Crippen molar-refractivity contribution in [2.24, 2.45) is 10.2 Å². The second kappa shape index (κ2) is 8.20. The maximum absolute atomic E-state index is 4.27. The van der Waals surface area contributed by atoms with Gasteiger partial charge in [0.25, 0.3) is 5.95 Å². The fourth-order valence-corrected chi connectivity index (χ4v) is 1.75. The average molecular weight is 333 g/mol. The number of rotatable bonds is 6. The summed E-state index contributed by atoms with van der Waals surface area (Å²) in [4.78, 5) is 12.5. The van der Waals surface area contributed by atoms with E-state index in [2.05, 4.69) is 46.2 Å². The van der Waals surface area contributed by atoms with Gasteiger partial charge in [-0.3, -0.25) is 15.4 Å². The highest BCUT2D eigenvalue weighted by atomic mass is 15.4. The Morgan fingerprint density at radius 1 is 0.840 bits per heavy atom. The van der Waals surface area contributed by atoms with E-state index in [1.807, 2.05) is 36.4 Å². The molecular formula is C16H15N9. The van der Waals surface area contributed by atoms with Gasteiger partial charge >= 0.3 is 0 Å². The second-order valence-corrected chi connectivity index (χ2v) is 4.82. The predicted octanol–water partition coefficient (Wildman–Crippen LogP) is 1.86. The summed E-state index contributed by atoms with van der Waals surface area (Å²) in [5, 5.41) is 16.1. The van der Waals surface area contributed by atoms with Gasteiger partial charge in [0.1, 0.15) is 5.69 Å². The lowest BCUT2D eigenvalue weighted by atomic mass is 10.4. The Labute approximate surface area is 144 Å². The van der Waals surface area contributed by atoms with E-state index in [1.165, 1.54) is 0 Å². The van der Waals surface area contributed by atoms with E-state index in [4.69, 9.17) is 0 Å². The Kier molecular flexibility index (Phi) is 5.29. The molecule has 0 bridgehead atoms. The van der Waals surface area contributed by atoms with Crippen molar-refractivity contribution in [3.05, 3.63) is 65.9 Å².